The largest absolute Gasteiger partial charge is 0.418 e. The van der Waals surface area contributed by atoms with Crippen LogP contribution in [0.4, 0.5) is 13.2 Å². The van der Waals surface area contributed by atoms with Gasteiger partial charge in [0.15, 0.2) is 6.10 Å². The lowest BCUT2D eigenvalue weighted by molar-refractivity contribution is -0.206. The zero-order valence-corrected chi connectivity index (χ0v) is 9.30. The molecule has 2 aromatic heterocycles. The third kappa shape index (κ3) is 2.89. The average Bonchev–Trinajstić information content (AvgIpc) is 2.76. The first kappa shape index (κ1) is 12.6. The first-order valence-electron chi connectivity index (χ1n) is 5.26. The molecule has 0 radical (unpaired) electrons. The monoisotopic (exact) mass is 256 g/mol. The van der Waals surface area contributed by atoms with Gasteiger partial charge in [-0.3, -0.25) is 4.98 Å². The molecule has 0 aliphatic heterocycles. The second-order valence-electron chi connectivity index (χ2n) is 3.92. The lowest BCUT2D eigenvalue weighted by Crippen LogP contribution is -2.19. The Kier molecular flexibility index (Phi) is 3.38. The molecule has 3 nitrogen and oxygen atoms in total. The molecule has 0 spiro atoms. The van der Waals surface area contributed by atoms with Crippen molar-refractivity contribution in [2.45, 2.75) is 18.8 Å². The molecule has 96 valence electrons. The maximum absolute atomic E-state index is 12.3. The van der Waals surface area contributed by atoms with Crippen LogP contribution in [-0.2, 0) is 6.54 Å². The molecule has 18 heavy (non-hydrogen) atoms. The first-order valence-corrected chi connectivity index (χ1v) is 5.26. The summed E-state index contributed by atoms with van der Waals surface area (Å²) in [6, 6.07) is 4.84. The fourth-order valence-electron chi connectivity index (χ4n) is 1.61. The van der Waals surface area contributed by atoms with Crippen molar-refractivity contribution >= 4 is 0 Å². The molecule has 1 unspecified atom stereocenters. The summed E-state index contributed by atoms with van der Waals surface area (Å²) in [5.74, 6) is 0. The van der Waals surface area contributed by atoms with E-state index in [2.05, 4.69) is 4.98 Å². The van der Waals surface area contributed by atoms with E-state index in [0.717, 1.165) is 5.56 Å². The number of hydrogen-bond acceptors (Lipinski definition) is 2. The Hall–Kier alpha value is -1.82. The van der Waals surface area contributed by atoms with Crippen molar-refractivity contribution in [2.24, 2.45) is 0 Å². The standard InChI is InChI=1S/C12H11F3N2O/c13-12(14,15)11(18)10-3-5-17(8-10)7-9-2-1-4-16-6-9/h1-6,8,11,18H,7H2. The van der Waals surface area contributed by atoms with Gasteiger partial charge in [-0.05, 0) is 17.7 Å². The van der Waals surface area contributed by atoms with Crippen LogP contribution in [0, 0.1) is 0 Å². The van der Waals surface area contributed by atoms with Crippen LogP contribution in [0.15, 0.2) is 43.0 Å². The number of hydrogen-bond donors (Lipinski definition) is 1. The van der Waals surface area contributed by atoms with Gasteiger partial charge < -0.3 is 9.67 Å². The van der Waals surface area contributed by atoms with Crippen LogP contribution in [0.1, 0.15) is 17.2 Å². The fourth-order valence-corrected chi connectivity index (χ4v) is 1.61. The van der Waals surface area contributed by atoms with Crippen molar-refractivity contribution in [2.75, 3.05) is 0 Å². The summed E-state index contributed by atoms with van der Waals surface area (Å²) in [5.41, 5.74) is 0.715. The summed E-state index contributed by atoms with van der Waals surface area (Å²) in [4.78, 5) is 3.92. The summed E-state index contributed by atoms with van der Waals surface area (Å²) in [6.45, 7) is 0.415. The van der Waals surface area contributed by atoms with Gasteiger partial charge >= 0.3 is 6.18 Å². The minimum absolute atomic E-state index is 0.161. The number of aromatic nitrogens is 2. The van der Waals surface area contributed by atoms with Crippen molar-refractivity contribution in [1.29, 1.82) is 0 Å². The Morgan fingerprint density at radius 3 is 2.72 bits per heavy atom. The van der Waals surface area contributed by atoms with Crippen molar-refractivity contribution in [3.63, 3.8) is 0 Å². The summed E-state index contributed by atoms with van der Waals surface area (Å²) in [5, 5.41) is 9.09. The molecular weight excluding hydrogens is 245 g/mol. The Labute approximate surface area is 102 Å². The Bertz CT molecular complexity index is 508. The molecule has 0 saturated carbocycles. The SMILES string of the molecule is OC(c1ccn(Cc2cccnc2)c1)C(F)(F)F. The zero-order valence-electron chi connectivity index (χ0n) is 9.30. The van der Waals surface area contributed by atoms with Crippen molar-refractivity contribution < 1.29 is 18.3 Å². The number of pyridine rings is 1. The van der Waals surface area contributed by atoms with Crippen LogP contribution >= 0.6 is 0 Å². The Morgan fingerprint density at radius 2 is 2.11 bits per heavy atom. The van der Waals surface area contributed by atoms with Crippen LogP contribution in [0.5, 0.6) is 0 Å². The number of aliphatic hydroxyl groups is 1. The van der Waals surface area contributed by atoms with E-state index >= 15 is 0 Å². The van der Waals surface area contributed by atoms with E-state index in [4.69, 9.17) is 5.11 Å². The third-order valence-corrected chi connectivity index (χ3v) is 2.49. The normalized spacial score (nSPS) is 13.6. The van der Waals surface area contributed by atoms with Crippen molar-refractivity contribution in [3.05, 3.63) is 54.1 Å². The molecule has 0 fully saturated rings. The number of nitrogens with zero attached hydrogens (tertiary/aromatic N) is 2. The van der Waals surface area contributed by atoms with Gasteiger partial charge in [-0.1, -0.05) is 6.07 Å². The highest BCUT2D eigenvalue weighted by Gasteiger charge is 2.39. The summed E-state index contributed by atoms with van der Waals surface area (Å²) >= 11 is 0. The Morgan fingerprint density at radius 1 is 1.33 bits per heavy atom. The molecular formula is C12H11F3N2O. The van der Waals surface area contributed by atoms with Gasteiger partial charge in [0.2, 0.25) is 0 Å². The topological polar surface area (TPSA) is 38.0 Å². The van der Waals surface area contributed by atoms with Gasteiger partial charge in [0.05, 0.1) is 0 Å². The molecule has 0 aliphatic carbocycles. The molecule has 2 aromatic rings. The molecule has 1 N–H and O–H groups in total. The van der Waals surface area contributed by atoms with E-state index in [9.17, 15) is 13.2 Å². The molecule has 0 aromatic carbocycles. The van der Waals surface area contributed by atoms with Crippen LogP contribution < -0.4 is 0 Å². The van der Waals surface area contributed by atoms with E-state index in [-0.39, 0.29) is 5.56 Å². The number of halogens is 3. The van der Waals surface area contributed by atoms with Crippen LogP contribution in [-0.4, -0.2) is 20.8 Å². The summed E-state index contributed by atoms with van der Waals surface area (Å²) in [6.07, 6.45) is -1.03. The number of rotatable bonds is 3. The van der Waals surface area contributed by atoms with Gasteiger partial charge in [0.25, 0.3) is 0 Å². The zero-order chi connectivity index (χ0) is 13.2. The minimum Gasteiger partial charge on any atom is -0.379 e. The quantitative estimate of drug-likeness (QED) is 0.916. The molecule has 1 atom stereocenters. The maximum atomic E-state index is 12.3. The highest BCUT2D eigenvalue weighted by atomic mass is 19.4. The van der Waals surface area contributed by atoms with E-state index < -0.39 is 12.3 Å². The van der Waals surface area contributed by atoms with E-state index in [1.54, 1.807) is 23.0 Å². The predicted molar refractivity (Wildman–Crippen MR) is 58.8 cm³/mol. The van der Waals surface area contributed by atoms with E-state index in [0.29, 0.717) is 6.54 Å². The van der Waals surface area contributed by atoms with E-state index in [1.165, 1.54) is 18.5 Å². The summed E-state index contributed by atoms with van der Waals surface area (Å²) < 4.78 is 38.5. The second-order valence-corrected chi connectivity index (χ2v) is 3.92. The first-order chi connectivity index (χ1) is 8.47. The molecule has 0 bridgehead atoms. The van der Waals surface area contributed by atoms with Gasteiger partial charge in [-0.2, -0.15) is 13.2 Å². The Balaban J connectivity index is 2.12. The molecule has 0 aliphatic rings. The van der Waals surface area contributed by atoms with Gasteiger partial charge in [-0.15, -0.1) is 0 Å². The molecule has 2 heterocycles. The predicted octanol–water partition coefficient (Wildman–Crippen LogP) is 2.53. The molecule has 0 amide bonds. The highest BCUT2D eigenvalue weighted by Crippen LogP contribution is 2.32. The van der Waals surface area contributed by atoms with Crippen LogP contribution in [0.25, 0.3) is 0 Å². The minimum atomic E-state index is -4.64. The lowest BCUT2D eigenvalue weighted by Gasteiger charge is -2.12. The molecule has 6 heteroatoms. The summed E-state index contributed by atoms with van der Waals surface area (Å²) in [7, 11) is 0. The van der Waals surface area contributed by atoms with Gasteiger partial charge in [0, 0.05) is 36.9 Å². The number of aliphatic hydroxyl groups excluding tert-OH is 1. The van der Waals surface area contributed by atoms with Gasteiger partial charge in [-0.25, -0.2) is 0 Å². The number of alkyl halides is 3. The maximum Gasteiger partial charge on any atom is 0.418 e. The second kappa shape index (κ2) is 4.81. The molecule has 0 saturated heterocycles. The van der Waals surface area contributed by atoms with Crippen LogP contribution in [0.2, 0.25) is 0 Å². The van der Waals surface area contributed by atoms with Gasteiger partial charge in [0.1, 0.15) is 0 Å². The van der Waals surface area contributed by atoms with Crippen molar-refractivity contribution in [3.8, 4) is 0 Å². The van der Waals surface area contributed by atoms with Crippen LogP contribution in [0.3, 0.4) is 0 Å². The lowest BCUT2D eigenvalue weighted by atomic mass is 10.2. The molecule has 2 rings (SSSR count). The average molecular weight is 256 g/mol. The third-order valence-electron chi connectivity index (χ3n) is 2.49. The smallest absolute Gasteiger partial charge is 0.379 e. The fraction of sp³-hybridized carbons (Fsp3) is 0.250. The highest BCUT2D eigenvalue weighted by molar-refractivity contribution is 5.17. The van der Waals surface area contributed by atoms with Crippen molar-refractivity contribution in [1.82, 2.24) is 9.55 Å². The van der Waals surface area contributed by atoms with E-state index in [1.807, 2.05) is 6.07 Å².